The lowest BCUT2D eigenvalue weighted by atomic mass is 10.0. The van der Waals surface area contributed by atoms with Crippen molar-refractivity contribution >= 4 is 41.4 Å². The van der Waals surface area contributed by atoms with Gasteiger partial charge in [0, 0.05) is 6.42 Å². The van der Waals surface area contributed by atoms with Gasteiger partial charge < -0.3 is 32.5 Å². The summed E-state index contributed by atoms with van der Waals surface area (Å²) in [5.41, 5.74) is 11.5. The van der Waals surface area contributed by atoms with Crippen LogP contribution < -0.4 is 27.4 Å². The van der Waals surface area contributed by atoms with Crippen molar-refractivity contribution in [2.45, 2.75) is 57.3 Å². The number of thioether (sulfide) groups is 1. The minimum atomic E-state index is -1.22. The summed E-state index contributed by atoms with van der Waals surface area (Å²) in [7, 11) is 0. The maximum atomic E-state index is 13.0. The first kappa shape index (κ1) is 29.9. The Morgan fingerprint density at radius 1 is 0.943 bits per heavy atom. The molecule has 0 saturated heterocycles. The highest BCUT2D eigenvalue weighted by molar-refractivity contribution is 7.98. The fourth-order valence-electron chi connectivity index (χ4n) is 3.19. The number of hydrogen-bond acceptors (Lipinski definition) is 7. The summed E-state index contributed by atoms with van der Waals surface area (Å²) in [5, 5.41) is 17.2. The number of benzene rings is 1. The molecule has 0 aliphatic heterocycles. The molecule has 0 heterocycles. The number of nitrogens with one attached hydrogen (secondary N) is 3. The van der Waals surface area contributed by atoms with E-state index in [2.05, 4.69) is 16.0 Å². The van der Waals surface area contributed by atoms with E-state index in [9.17, 15) is 29.1 Å². The monoisotopic (exact) mass is 509 g/mol. The maximum absolute atomic E-state index is 13.0. The van der Waals surface area contributed by atoms with Crippen LogP contribution in [0.4, 0.5) is 0 Å². The second-order valence-electron chi connectivity index (χ2n) is 8.44. The number of carbonyl (C=O) groups is 5. The Morgan fingerprint density at radius 2 is 1.54 bits per heavy atom. The Balaban J connectivity index is 2.95. The average molecular weight is 510 g/mol. The average Bonchev–Trinajstić information content (AvgIpc) is 2.79. The zero-order valence-electron chi connectivity index (χ0n) is 20.2. The number of hydrogen-bond donors (Lipinski definition) is 6. The summed E-state index contributed by atoms with van der Waals surface area (Å²) in [4.78, 5) is 61.1. The van der Waals surface area contributed by atoms with Gasteiger partial charge in [-0.25, -0.2) is 4.79 Å². The van der Waals surface area contributed by atoms with E-state index in [-0.39, 0.29) is 25.2 Å². The first-order chi connectivity index (χ1) is 16.5. The zero-order chi connectivity index (χ0) is 26.5. The van der Waals surface area contributed by atoms with Crippen molar-refractivity contribution in [2.75, 3.05) is 12.0 Å². The molecule has 194 valence electrons. The lowest BCUT2D eigenvalue weighted by Crippen LogP contribution is -2.58. The molecule has 1 aromatic rings. The Morgan fingerprint density at radius 3 is 2.06 bits per heavy atom. The van der Waals surface area contributed by atoms with Crippen LogP contribution in [0, 0.1) is 5.92 Å². The van der Waals surface area contributed by atoms with Crippen molar-refractivity contribution in [2.24, 2.45) is 17.4 Å². The van der Waals surface area contributed by atoms with Crippen molar-refractivity contribution in [1.29, 1.82) is 0 Å². The summed E-state index contributed by atoms with van der Waals surface area (Å²) in [6, 6.07) is 4.40. The van der Waals surface area contributed by atoms with Gasteiger partial charge in [0.2, 0.25) is 23.6 Å². The van der Waals surface area contributed by atoms with Gasteiger partial charge in [0.1, 0.15) is 18.1 Å². The highest BCUT2D eigenvalue weighted by Crippen LogP contribution is 2.08. The molecule has 0 aromatic heterocycles. The Labute approximate surface area is 209 Å². The van der Waals surface area contributed by atoms with Crippen molar-refractivity contribution in [3.05, 3.63) is 35.9 Å². The molecule has 0 aliphatic carbocycles. The van der Waals surface area contributed by atoms with E-state index in [1.54, 1.807) is 44.2 Å². The van der Waals surface area contributed by atoms with Crippen molar-refractivity contribution in [3.8, 4) is 0 Å². The molecule has 0 aliphatic rings. The largest absolute Gasteiger partial charge is 0.480 e. The van der Waals surface area contributed by atoms with Crippen LogP contribution in [0.5, 0.6) is 0 Å². The van der Waals surface area contributed by atoms with Crippen LogP contribution in [-0.2, 0) is 30.4 Å². The third-order valence-corrected chi connectivity index (χ3v) is 5.79. The number of aliphatic carboxylic acids is 1. The van der Waals surface area contributed by atoms with Crippen molar-refractivity contribution < 1.29 is 29.1 Å². The van der Waals surface area contributed by atoms with Crippen LogP contribution in [-0.4, -0.2) is 70.9 Å². The fourth-order valence-corrected chi connectivity index (χ4v) is 3.66. The van der Waals surface area contributed by atoms with Crippen LogP contribution in [0.2, 0.25) is 0 Å². The van der Waals surface area contributed by atoms with Crippen LogP contribution in [0.1, 0.15) is 32.3 Å². The second kappa shape index (κ2) is 15.0. The van der Waals surface area contributed by atoms with Crippen LogP contribution >= 0.6 is 11.8 Å². The molecular formula is C23H35N5O6S. The summed E-state index contributed by atoms with van der Waals surface area (Å²) in [5.74, 6) is -3.80. The Bertz CT molecular complexity index is 882. The summed E-state index contributed by atoms with van der Waals surface area (Å²) in [6.07, 6.45) is 1.78. The molecule has 4 atom stereocenters. The van der Waals surface area contributed by atoms with E-state index >= 15 is 0 Å². The lowest BCUT2D eigenvalue weighted by Gasteiger charge is -2.27. The molecular weight excluding hydrogens is 474 g/mol. The van der Waals surface area contributed by atoms with Gasteiger partial charge in [-0.05, 0) is 29.9 Å². The van der Waals surface area contributed by atoms with E-state index in [0.717, 1.165) is 5.56 Å². The predicted octanol–water partition coefficient (Wildman–Crippen LogP) is -0.620. The topological polar surface area (TPSA) is 194 Å². The molecule has 4 amide bonds. The fraction of sp³-hybridized carbons (Fsp3) is 0.522. The van der Waals surface area contributed by atoms with Gasteiger partial charge in [0.25, 0.3) is 0 Å². The van der Waals surface area contributed by atoms with Gasteiger partial charge in [-0.3, -0.25) is 19.2 Å². The minimum absolute atomic E-state index is 0.0769. The van der Waals surface area contributed by atoms with E-state index in [1.165, 1.54) is 11.8 Å². The Hall–Kier alpha value is -3.12. The minimum Gasteiger partial charge on any atom is -0.480 e. The number of primary amides is 1. The number of nitrogens with two attached hydrogens (primary N) is 2. The molecule has 8 N–H and O–H groups in total. The molecule has 0 bridgehead atoms. The highest BCUT2D eigenvalue weighted by atomic mass is 32.2. The van der Waals surface area contributed by atoms with Crippen molar-refractivity contribution in [1.82, 2.24) is 16.0 Å². The third-order valence-electron chi connectivity index (χ3n) is 5.15. The van der Waals surface area contributed by atoms with Gasteiger partial charge in [-0.2, -0.15) is 11.8 Å². The molecule has 1 aromatic carbocycles. The molecule has 0 saturated carbocycles. The predicted molar refractivity (Wildman–Crippen MR) is 133 cm³/mol. The van der Waals surface area contributed by atoms with E-state index in [1.807, 2.05) is 6.26 Å². The number of carbonyl (C=O) groups excluding carboxylic acids is 4. The third kappa shape index (κ3) is 10.8. The number of carboxylic acid groups (broad SMARTS) is 1. The molecule has 4 unspecified atom stereocenters. The van der Waals surface area contributed by atoms with Gasteiger partial charge in [0.15, 0.2) is 0 Å². The zero-order valence-corrected chi connectivity index (χ0v) is 21.0. The maximum Gasteiger partial charge on any atom is 0.326 e. The number of rotatable bonds is 15. The molecule has 35 heavy (non-hydrogen) atoms. The quantitative estimate of drug-likeness (QED) is 0.180. The van der Waals surface area contributed by atoms with Crippen LogP contribution in [0.15, 0.2) is 30.3 Å². The highest BCUT2D eigenvalue weighted by Gasteiger charge is 2.31. The molecule has 0 radical (unpaired) electrons. The van der Waals surface area contributed by atoms with Gasteiger partial charge in [0.05, 0.1) is 12.5 Å². The lowest BCUT2D eigenvalue weighted by molar-refractivity contribution is -0.142. The van der Waals surface area contributed by atoms with Gasteiger partial charge in [-0.15, -0.1) is 0 Å². The SMILES string of the molecule is CSCCC(NC(=O)C(NC(=O)C(N)CC(N)=O)C(C)C)C(=O)NC(Cc1ccccc1)C(=O)O. The van der Waals surface area contributed by atoms with E-state index < -0.39 is 53.8 Å². The smallest absolute Gasteiger partial charge is 0.326 e. The molecule has 0 fully saturated rings. The summed E-state index contributed by atoms with van der Waals surface area (Å²) < 4.78 is 0. The van der Waals surface area contributed by atoms with Crippen molar-refractivity contribution in [3.63, 3.8) is 0 Å². The first-order valence-electron chi connectivity index (χ1n) is 11.2. The molecule has 12 heteroatoms. The molecule has 0 spiro atoms. The Kier molecular flexibility index (Phi) is 12.8. The van der Waals surface area contributed by atoms with E-state index in [0.29, 0.717) is 5.75 Å². The van der Waals surface area contributed by atoms with Gasteiger partial charge in [-0.1, -0.05) is 44.2 Å². The standard InChI is InChI=1S/C23H35N5O6S/c1-13(2)19(28-20(30)15(24)12-18(25)29)22(32)26-16(9-10-35-3)21(31)27-17(23(33)34)11-14-7-5-4-6-8-14/h4-8,13,15-17,19H,9-12,24H2,1-3H3,(H2,25,29)(H,26,32)(H,27,31)(H,28,30)(H,33,34). The molecule has 1 rings (SSSR count). The molecule has 11 nitrogen and oxygen atoms in total. The number of carboxylic acids is 1. The normalized spacial score (nSPS) is 14.3. The van der Waals surface area contributed by atoms with Gasteiger partial charge >= 0.3 is 5.97 Å². The summed E-state index contributed by atoms with van der Waals surface area (Å²) >= 11 is 1.46. The number of amides is 4. The van der Waals surface area contributed by atoms with Crippen LogP contribution in [0.25, 0.3) is 0 Å². The second-order valence-corrected chi connectivity index (χ2v) is 9.42. The first-order valence-corrected chi connectivity index (χ1v) is 12.6. The summed E-state index contributed by atoms with van der Waals surface area (Å²) in [6.45, 7) is 3.39. The van der Waals surface area contributed by atoms with Crippen LogP contribution in [0.3, 0.4) is 0 Å². The van der Waals surface area contributed by atoms with E-state index in [4.69, 9.17) is 11.5 Å².